The molecule has 0 atom stereocenters. The Labute approximate surface area is 215 Å². The summed E-state index contributed by atoms with van der Waals surface area (Å²) in [6.45, 7) is 18.7. The van der Waals surface area contributed by atoms with Crippen LogP contribution < -0.4 is 14.6 Å². The van der Waals surface area contributed by atoms with Crippen molar-refractivity contribution in [3.05, 3.63) is 57.9 Å². The molecule has 0 aliphatic heterocycles. The highest BCUT2D eigenvalue weighted by atomic mass is 35.5. The van der Waals surface area contributed by atoms with Gasteiger partial charge >= 0.3 is 0 Å². The first-order valence-corrected chi connectivity index (χ1v) is 18.9. The molecule has 0 N–H and O–H groups in total. The van der Waals surface area contributed by atoms with Crippen molar-refractivity contribution in [1.29, 1.82) is 0 Å². The van der Waals surface area contributed by atoms with Gasteiger partial charge in [-0.05, 0) is 47.9 Å². The third kappa shape index (κ3) is 7.00. The molecule has 0 aliphatic carbocycles. The zero-order valence-corrected chi connectivity index (χ0v) is 24.8. The van der Waals surface area contributed by atoms with E-state index in [2.05, 4.69) is 53.5 Å². The number of hydrogen-bond donors (Lipinski definition) is 0. The molecule has 0 saturated heterocycles. The number of halogens is 1. The summed E-state index contributed by atoms with van der Waals surface area (Å²) in [7, 11) is -3.09. The molecule has 3 aromatic rings. The molecule has 2 aromatic carbocycles. The van der Waals surface area contributed by atoms with Crippen LogP contribution in [0.5, 0.6) is 11.5 Å². The van der Waals surface area contributed by atoms with Crippen molar-refractivity contribution >= 4 is 39.0 Å². The van der Waals surface area contributed by atoms with Gasteiger partial charge in [0.05, 0.1) is 16.0 Å². The van der Waals surface area contributed by atoms with Gasteiger partial charge in [0, 0.05) is 20.7 Å². The van der Waals surface area contributed by atoms with Gasteiger partial charge in [0.15, 0.2) is 6.79 Å². The normalized spacial score (nSPS) is 12.7. The minimum Gasteiger partial charge on any atom is -0.544 e. The fraction of sp³-hybridized carbons (Fsp3) is 0.444. The number of benzene rings is 2. The molecule has 35 heavy (non-hydrogen) atoms. The molecular formula is C27H37ClO5Si2. The van der Waals surface area contributed by atoms with Crippen molar-refractivity contribution in [1.82, 2.24) is 0 Å². The zero-order valence-electron chi connectivity index (χ0n) is 22.1. The molecule has 0 unspecified atom stereocenters. The van der Waals surface area contributed by atoms with E-state index in [1.54, 1.807) is 12.1 Å². The third-order valence-corrected chi connectivity index (χ3v) is 12.8. The molecular weight excluding hydrogens is 496 g/mol. The molecule has 0 radical (unpaired) electrons. The maximum absolute atomic E-state index is 13.3. The lowest BCUT2D eigenvalue weighted by Crippen LogP contribution is -2.43. The van der Waals surface area contributed by atoms with E-state index < -0.39 is 16.4 Å². The Balaban J connectivity index is 1.78. The summed E-state index contributed by atoms with van der Waals surface area (Å²) in [6.07, 6.45) is 1.47. The molecule has 0 spiro atoms. The predicted molar refractivity (Wildman–Crippen MR) is 150 cm³/mol. The highest BCUT2D eigenvalue weighted by Crippen LogP contribution is 2.37. The van der Waals surface area contributed by atoms with E-state index in [1.165, 1.54) is 6.26 Å². The van der Waals surface area contributed by atoms with Crippen LogP contribution in [0.25, 0.3) is 22.1 Å². The quantitative estimate of drug-likeness (QED) is 0.158. The Morgan fingerprint density at radius 3 is 2.23 bits per heavy atom. The number of hydrogen-bond acceptors (Lipinski definition) is 5. The van der Waals surface area contributed by atoms with Crippen LogP contribution in [0.15, 0.2) is 51.9 Å². The van der Waals surface area contributed by atoms with Gasteiger partial charge in [0.25, 0.3) is 0 Å². The Bertz CT molecular complexity index is 1220. The lowest BCUT2D eigenvalue weighted by Gasteiger charge is -2.36. The second-order valence-electron chi connectivity index (χ2n) is 11.6. The van der Waals surface area contributed by atoms with Crippen molar-refractivity contribution in [2.45, 2.75) is 64.6 Å². The summed E-state index contributed by atoms with van der Waals surface area (Å²) >= 11 is 6.48. The molecule has 5 nitrogen and oxygen atoms in total. The summed E-state index contributed by atoms with van der Waals surface area (Å²) < 4.78 is 23.4. The average Bonchev–Trinajstić information content (AvgIpc) is 2.72. The lowest BCUT2D eigenvalue weighted by atomic mass is 10.1. The highest BCUT2D eigenvalue weighted by molar-refractivity contribution is 6.76. The molecule has 0 bridgehead atoms. The molecule has 0 amide bonds. The Hall–Kier alpha value is -2.07. The molecule has 1 aromatic heterocycles. The van der Waals surface area contributed by atoms with E-state index in [0.717, 1.165) is 17.4 Å². The maximum atomic E-state index is 13.3. The van der Waals surface area contributed by atoms with Crippen molar-refractivity contribution < 1.29 is 18.3 Å². The first-order valence-electron chi connectivity index (χ1n) is 11.9. The van der Waals surface area contributed by atoms with E-state index in [1.807, 2.05) is 24.3 Å². The fourth-order valence-electron chi connectivity index (χ4n) is 3.16. The minimum atomic E-state index is -1.94. The molecule has 190 valence electrons. The second kappa shape index (κ2) is 10.5. The monoisotopic (exact) mass is 532 g/mol. The van der Waals surface area contributed by atoms with Crippen molar-refractivity contribution in [3.63, 3.8) is 0 Å². The fourth-order valence-corrected chi connectivity index (χ4v) is 5.24. The smallest absolute Gasteiger partial charge is 0.250 e. The van der Waals surface area contributed by atoms with Crippen LogP contribution in [-0.2, 0) is 4.74 Å². The third-order valence-electron chi connectivity index (χ3n) is 6.45. The van der Waals surface area contributed by atoms with E-state index in [9.17, 15) is 4.79 Å². The van der Waals surface area contributed by atoms with Crippen LogP contribution in [0, 0.1) is 0 Å². The molecule has 0 aliphatic rings. The first kappa shape index (κ1) is 27.5. The summed E-state index contributed by atoms with van der Waals surface area (Å²) in [5, 5.41) is 0.718. The van der Waals surface area contributed by atoms with Gasteiger partial charge in [-0.1, -0.05) is 64.1 Å². The van der Waals surface area contributed by atoms with E-state index >= 15 is 0 Å². The summed E-state index contributed by atoms with van der Waals surface area (Å²) in [4.78, 5) is 13.3. The molecule has 8 heteroatoms. The van der Waals surface area contributed by atoms with E-state index in [0.29, 0.717) is 28.9 Å². The van der Waals surface area contributed by atoms with E-state index in [4.69, 9.17) is 29.9 Å². The van der Waals surface area contributed by atoms with Crippen LogP contribution in [-0.4, -0.2) is 29.8 Å². The first-order chi connectivity index (χ1) is 16.2. The molecule has 0 saturated carbocycles. The van der Waals surface area contributed by atoms with Crippen LogP contribution in [0.2, 0.25) is 48.8 Å². The van der Waals surface area contributed by atoms with Gasteiger partial charge in [-0.3, -0.25) is 4.79 Å². The summed E-state index contributed by atoms with van der Waals surface area (Å²) in [5.74, 6) is 1.30. The predicted octanol–water partition coefficient (Wildman–Crippen LogP) is 8.19. The molecule has 3 rings (SSSR count). The van der Waals surface area contributed by atoms with Gasteiger partial charge < -0.3 is 18.3 Å². The van der Waals surface area contributed by atoms with E-state index in [-0.39, 0.29) is 22.3 Å². The number of rotatable bonds is 9. The highest BCUT2D eigenvalue weighted by Gasteiger charge is 2.38. The minimum absolute atomic E-state index is 0.102. The maximum Gasteiger partial charge on any atom is 0.250 e. The van der Waals surface area contributed by atoms with Crippen LogP contribution in [0.4, 0.5) is 0 Å². The largest absolute Gasteiger partial charge is 0.544 e. The summed E-state index contributed by atoms with van der Waals surface area (Å²) in [6, 6.07) is 11.9. The van der Waals surface area contributed by atoms with Gasteiger partial charge in [0.2, 0.25) is 13.7 Å². The topological polar surface area (TPSA) is 57.9 Å². The van der Waals surface area contributed by atoms with Crippen LogP contribution in [0.1, 0.15) is 20.8 Å². The van der Waals surface area contributed by atoms with Gasteiger partial charge in [-0.2, -0.15) is 0 Å². The Morgan fingerprint density at radius 2 is 1.63 bits per heavy atom. The lowest BCUT2D eigenvalue weighted by molar-refractivity contribution is 0.0221. The second-order valence-corrected chi connectivity index (χ2v) is 22.4. The SMILES string of the molecule is CC(C)(C)[Si](C)(C)Oc1ccc(-c2coc3cc(OCOCC[Si](C)(C)C)cc(Cl)c3c2=O)cc1. The van der Waals surface area contributed by atoms with Crippen LogP contribution >= 0.6 is 11.6 Å². The van der Waals surface area contributed by atoms with Gasteiger partial charge in [-0.25, -0.2) is 0 Å². The van der Waals surface area contributed by atoms with Crippen molar-refractivity contribution in [2.24, 2.45) is 0 Å². The Morgan fingerprint density at radius 1 is 0.971 bits per heavy atom. The summed E-state index contributed by atoms with van der Waals surface area (Å²) in [5.41, 5.74) is 1.38. The van der Waals surface area contributed by atoms with Crippen molar-refractivity contribution in [2.75, 3.05) is 13.4 Å². The Kier molecular flexibility index (Phi) is 8.26. The van der Waals surface area contributed by atoms with Crippen molar-refractivity contribution in [3.8, 4) is 22.6 Å². The molecule has 1 heterocycles. The van der Waals surface area contributed by atoms with Gasteiger partial charge in [0.1, 0.15) is 23.3 Å². The molecule has 0 fully saturated rings. The van der Waals surface area contributed by atoms with Crippen LogP contribution in [0.3, 0.4) is 0 Å². The number of ether oxygens (including phenoxy) is 2. The number of fused-ring (bicyclic) bond motifs is 1. The average molecular weight is 533 g/mol. The standard InChI is InChI=1S/C27H37ClO5Si2/c1-27(2,3)35(7,8)33-20-11-9-19(10-12-20)22-17-31-24-16-21(15-23(28)25(24)26(22)29)32-18-30-13-14-34(4,5)6/h9-12,15-17H,13-14,18H2,1-8H3. The van der Waals surface area contributed by atoms with Gasteiger partial charge in [-0.15, -0.1) is 0 Å². The zero-order chi connectivity index (χ0) is 26.0.